The summed E-state index contributed by atoms with van der Waals surface area (Å²) in [5.74, 6) is 0.848. The van der Waals surface area contributed by atoms with Crippen LogP contribution in [-0.4, -0.2) is 46.2 Å². The third-order valence-corrected chi connectivity index (χ3v) is 6.19. The molecular formula is C25H53O5P. The monoisotopic (exact) mass is 464 g/mol. The molecule has 0 saturated carbocycles. The fourth-order valence-electron chi connectivity index (χ4n) is 3.00. The fourth-order valence-corrected chi connectivity index (χ4v) is 3.95. The summed E-state index contributed by atoms with van der Waals surface area (Å²) in [5, 5.41) is 0. The Labute approximate surface area is 195 Å². The first kappa shape index (κ1) is 31.2. The summed E-state index contributed by atoms with van der Waals surface area (Å²) in [6.45, 7) is 13.5. The number of ether oxygens (including phenoxy) is 2. The van der Waals surface area contributed by atoms with E-state index in [4.69, 9.17) is 23.0 Å². The molecule has 0 spiro atoms. The van der Waals surface area contributed by atoms with E-state index in [9.17, 15) is 0 Å². The molecule has 0 bridgehead atoms. The van der Waals surface area contributed by atoms with Crippen molar-refractivity contribution in [2.45, 2.75) is 111 Å². The molecule has 0 fully saturated rings. The maximum absolute atomic E-state index is 5.89. The van der Waals surface area contributed by atoms with Crippen LogP contribution in [0.4, 0.5) is 0 Å². The maximum Gasteiger partial charge on any atom is 0.332 e. The standard InChI is InChI=1S/C25H53O5P/c1-5-7-18-26-21-23-29-31(30-24-22-27-19-8-6-2)28-20-16-14-12-10-9-11-13-15-17-25(3)4/h25H,5-24H2,1-4H3. The molecule has 5 nitrogen and oxygen atoms in total. The minimum absolute atomic E-state index is 0.517. The van der Waals surface area contributed by atoms with Crippen molar-refractivity contribution in [3.05, 3.63) is 0 Å². The smallest absolute Gasteiger partial charge is 0.332 e. The molecule has 0 rings (SSSR count). The molecule has 6 heteroatoms. The quantitative estimate of drug-likeness (QED) is 0.0956. The van der Waals surface area contributed by atoms with Crippen LogP contribution in [0.25, 0.3) is 0 Å². The highest BCUT2D eigenvalue weighted by molar-refractivity contribution is 7.41. The van der Waals surface area contributed by atoms with Crippen molar-refractivity contribution in [3.63, 3.8) is 0 Å². The van der Waals surface area contributed by atoms with Gasteiger partial charge in [0, 0.05) is 13.2 Å². The van der Waals surface area contributed by atoms with E-state index in [1.165, 1.54) is 51.4 Å². The Hall–Kier alpha value is 0.230. The van der Waals surface area contributed by atoms with Gasteiger partial charge in [-0.05, 0) is 25.2 Å². The van der Waals surface area contributed by atoms with Crippen molar-refractivity contribution in [3.8, 4) is 0 Å². The zero-order chi connectivity index (χ0) is 22.8. The molecule has 0 aliphatic rings. The van der Waals surface area contributed by atoms with Gasteiger partial charge in [0.2, 0.25) is 0 Å². The molecule has 0 aromatic heterocycles. The number of hydrogen-bond donors (Lipinski definition) is 0. The molecule has 0 radical (unpaired) electrons. The second-order valence-electron chi connectivity index (χ2n) is 8.67. The maximum atomic E-state index is 5.89. The SMILES string of the molecule is CCCCOCCOP(OCCCCCCCCCCC(C)C)OCCOCCCC. The second kappa shape index (κ2) is 26.5. The fraction of sp³-hybridized carbons (Fsp3) is 1.00. The van der Waals surface area contributed by atoms with Crippen molar-refractivity contribution < 1.29 is 23.0 Å². The van der Waals surface area contributed by atoms with E-state index in [0.29, 0.717) is 33.0 Å². The molecule has 0 atom stereocenters. The average Bonchev–Trinajstić information content (AvgIpc) is 2.75. The van der Waals surface area contributed by atoms with Crippen LogP contribution in [0.5, 0.6) is 0 Å². The van der Waals surface area contributed by atoms with Crippen molar-refractivity contribution in [1.82, 2.24) is 0 Å². The predicted molar refractivity (Wildman–Crippen MR) is 133 cm³/mol. The molecule has 0 aromatic carbocycles. The van der Waals surface area contributed by atoms with Crippen LogP contribution in [0.2, 0.25) is 0 Å². The van der Waals surface area contributed by atoms with Crippen molar-refractivity contribution in [2.24, 2.45) is 5.92 Å². The summed E-state index contributed by atoms with van der Waals surface area (Å²) in [6.07, 6.45) is 16.3. The predicted octanol–water partition coefficient (Wildman–Crippen LogP) is 8.06. The Morgan fingerprint density at radius 3 is 1.42 bits per heavy atom. The number of hydrogen-bond acceptors (Lipinski definition) is 5. The first-order valence-electron chi connectivity index (χ1n) is 13.0. The Kier molecular flexibility index (Phi) is 26.7. The van der Waals surface area contributed by atoms with Gasteiger partial charge < -0.3 is 23.0 Å². The Morgan fingerprint density at radius 1 is 0.484 bits per heavy atom. The lowest BCUT2D eigenvalue weighted by atomic mass is 10.0. The van der Waals surface area contributed by atoms with E-state index in [1.54, 1.807) is 0 Å². The van der Waals surface area contributed by atoms with Crippen molar-refractivity contribution in [2.75, 3.05) is 46.2 Å². The summed E-state index contributed by atoms with van der Waals surface area (Å²) in [6, 6.07) is 0. The Morgan fingerprint density at radius 2 is 0.935 bits per heavy atom. The van der Waals surface area contributed by atoms with Crippen molar-refractivity contribution in [1.29, 1.82) is 0 Å². The van der Waals surface area contributed by atoms with E-state index < -0.39 is 8.60 Å². The van der Waals surface area contributed by atoms with Gasteiger partial charge in [-0.1, -0.05) is 91.9 Å². The molecular weight excluding hydrogens is 411 g/mol. The minimum atomic E-state index is -1.31. The first-order valence-corrected chi connectivity index (χ1v) is 14.1. The van der Waals surface area contributed by atoms with Crippen LogP contribution in [0.3, 0.4) is 0 Å². The van der Waals surface area contributed by atoms with Gasteiger partial charge in [-0.3, -0.25) is 0 Å². The van der Waals surface area contributed by atoms with Gasteiger partial charge in [-0.2, -0.15) is 0 Å². The minimum Gasteiger partial charge on any atom is -0.379 e. The molecule has 188 valence electrons. The molecule has 0 saturated heterocycles. The first-order chi connectivity index (χ1) is 15.2. The molecule has 0 aromatic rings. The van der Waals surface area contributed by atoms with Crippen LogP contribution in [-0.2, 0) is 23.0 Å². The normalized spacial score (nSPS) is 11.8. The Balaban J connectivity index is 3.73. The molecule has 0 heterocycles. The van der Waals surface area contributed by atoms with Crippen LogP contribution in [0, 0.1) is 5.92 Å². The van der Waals surface area contributed by atoms with Crippen molar-refractivity contribution >= 4 is 8.60 Å². The van der Waals surface area contributed by atoms with Crippen LogP contribution in [0.15, 0.2) is 0 Å². The van der Waals surface area contributed by atoms with Gasteiger partial charge in [0.15, 0.2) is 0 Å². The van der Waals surface area contributed by atoms with Gasteiger partial charge in [-0.25, -0.2) is 0 Å². The molecule has 0 N–H and O–H groups in total. The van der Waals surface area contributed by atoms with Gasteiger partial charge in [0.1, 0.15) is 0 Å². The average molecular weight is 465 g/mol. The Bertz CT molecular complexity index is 315. The lowest BCUT2D eigenvalue weighted by molar-refractivity contribution is 0.0638. The summed E-state index contributed by atoms with van der Waals surface area (Å²) in [4.78, 5) is 0. The molecule has 0 unspecified atom stereocenters. The van der Waals surface area contributed by atoms with E-state index in [2.05, 4.69) is 27.7 Å². The molecule has 0 amide bonds. The third kappa shape index (κ3) is 26.4. The van der Waals surface area contributed by atoms with E-state index >= 15 is 0 Å². The second-order valence-corrected chi connectivity index (χ2v) is 9.89. The summed E-state index contributed by atoms with van der Waals surface area (Å²) in [5.41, 5.74) is 0. The van der Waals surface area contributed by atoms with Gasteiger partial charge in [-0.15, -0.1) is 0 Å². The molecule has 31 heavy (non-hydrogen) atoms. The zero-order valence-corrected chi connectivity index (χ0v) is 22.1. The van der Waals surface area contributed by atoms with Gasteiger partial charge in [0.25, 0.3) is 0 Å². The number of unbranched alkanes of at least 4 members (excludes halogenated alkanes) is 9. The third-order valence-electron chi connectivity index (χ3n) is 5.01. The van der Waals surface area contributed by atoms with Gasteiger partial charge in [0.05, 0.1) is 33.0 Å². The number of rotatable bonds is 26. The lowest BCUT2D eigenvalue weighted by Crippen LogP contribution is -2.08. The highest BCUT2D eigenvalue weighted by Gasteiger charge is 2.12. The highest BCUT2D eigenvalue weighted by Crippen LogP contribution is 2.39. The van der Waals surface area contributed by atoms with Gasteiger partial charge >= 0.3 is 8.60 Å². The van der Waals surface area contributed by atoms with Crippen LogP contribution >= 0.6 is 8.60 Å². The zero-order valence-electron chi connectivity index (χ0n) is 21.2. The molecule has 0 aliphatic heterocycles. The topological polar surface area (TPSA) is 46.2 Å². The lowest BCUT2D eigenvalue weighted by Gasteiger charge is -2.17. The summed E-state index contributed by atoms with van der Waals surface area (Å²) < 4.78 is 28.6. The van der Waals surface area contributed by atoms with E-state index in [0.717, 1.165) is 51.2 Å². The summed E-state index contributed by atoms with van der Waals surface area (Å²) >= 11 is 0. The van der Waals surface area contributed by atoms with E-state index in [1.807, 2.05) is 0 Å². The van der Waals surface area contributed by atoms with Crippen LogP contribution < -0.4 is 0 Å². The molecule has 0 aliphatic carbocycles. The largest absolute Gasteiger partial charge is 0.379 e. The highest BCUT2D eigenvalue weighted by atomic mass is 31.2. The summed E-state index contributed by atoms with van der Waals surface area (Å²) in [7, 11) is -1.31. The van der Waals surface area contributed by atoms with Crippen LogP contribution in [0.1, 0.15) is 111 Å². The van der Waals surface area contributed by atoms with E-state index in [-0.39, 0.29) is 0 Å².